The number of rotatable bonds is 12. The lowest BCUT2D eigenvalue weighted by atomic mass is 10.0. The number of nitrogens with zero attached hydrogens (tertiary/aromatic N) is 1. The highest BCUT2D eigenvalue weighted by atomic mass is 79.9. The van der Waals surface area contributed by atoms with Gasteiger partial charge in [0.1, 0.15) is 6.61 Å². The van der Waals surface area contributed by atoms with Crippen LogP contribution in [0.2, 0.25) is 0 Å². The van der Waals surface area contributed by atoms with Crippen LogP contribution in [0.5, 0.6) is 11.5 Å². The van der Waals surface area contributed by atoms with Crippen molar-refractivity contribution in [3.63, 3.8) is 0 Å². The standard InChI is InChI=1S/C28H29Br2N3O5/c1-3-36-25-15-20(14-23(30)27(25)38-18-19-10-12-22(29)13-11-19)17-31-33-26(34)16-24(32-28(35)37-4-2)21-8-6-5-7-9-21/h5-15,17,24H,3-4,16,18H2,1-2H3,(H,32,35)(H,33,34)/b31-17-/t24-/m0/s1. The van der Waals surface area contributed by atoms with Gasteiger partial charge in [-0.1, -0.05) is 58.4 Å². The zero-order chi connectivity index (χ0) is 27.3. The Kier molecular flexibility index (Phi) is 11.6. The van der Waals surface area contributed by atoms with E-state index in [-0.39, 0.29) is 18.9 Å². The van der Waals surface area contributed by atoms with Crippen molar-refractivity contribution in [1.29, 1.82) is 0 Å². The normalized spacial score (nSPS) is 11.6. The van der Waals surface area contributed by atoms with Gasteiger partial charge in [0.2, 0.25) is 5.91 Å². The van der Waals surface area contributed by atoms with Crippen molar-refractivity contribution in [2.75, 3.05) is 13.2 Å². The lowest BCUT2D eigenvalue weighted by Gasteiger charge is -2.18. The SMILES string of the molecule is CCOC(=O)N[C@@H](CC(=O)N/N=C\c1cc(Br)c(OCc2ccc(Br)cc2)c(OCC)c1)c1ccccc1. The monoisotopic (exact) mass is 645 g/mol. The fraction of sp³-hybridized carbons (Fsp3) is 0.250. The second-order valence-corrected chi connectivity index (χ2v) is 9.77. The summed E-state index contributed by atoms with van der Waals surface area (Å²) < 4.78 is 18.5. The van der Waals surface area contributed by atoms with Gasteiger partial charge in [-0.2, -0.15) is 5.10 Å². The summed E-state index contributed by atoms with van der Waals surface area (Å²) in [6, 6.07) is 20.1. The van der Waals surface area contributed by atoms with Gasteiger partial charge < -0.3 is 19.5 Å². The smallest absolute Gasteiger partial charge is 0.407 e. The Morgan fingerprint density at radius 2 is 1.71 bits per heavy atom. The number of amides is 2. The summed E-state index contributed by atoms with van der Waals surface area (Å²) in [4.78, 5) is 24.6. The molecule has 0 aliphatic carbocycles. The molecule has 38 heavy (non-hydrogen) atoms. The van der Waals surface area contributed by atoms with Gasteiger partial charge in [-0.25, -0.2) is 10.2 Å². The maximum Gasteiger partial charge on any atom is 0.407 e. The Morgan fingerprint density at radius 3 is 2.39 bits per heavy atom. The maximum atomic E-state index is 12.6. The van der Waals surface area contributed by atoms with Crippen molar-refractivity contribution < 1.29 is 23.8 Å². The molecule has 0 spiro atoms. The van der Waals surface area contributed by atoms with E-state index < -0.39 is 12.1 Å². The quantitative estimate of drug-likeness (QED) is 0.173. The minimum atomic E-state index is -0.589. The lowest BCUT2D eigenvalue weighted by molar-refractivity contribution is -0.121. The Balaban J connectivity index is 1.66. The number of hydrogen-bond acceptors (Lipinski definition) is 6. The highest BCUT2D eigenvalue weighted by Crippen LogP contribution is 2.37. The molecule has 0 saturated carbocycles. The van der Waals surface area contributed by atoms with Gasteiger partial charge in [0.25, 0.3) is 0 Å². The van der Waals surface area contributed by atoms with E-state index in [0.29, 0.717) is 34.7 Å². The number of hydrazone groups is 1. The van der Waals surface area contributed by atoms with E-state index in [1.165, 1.54) is 6.21 Å². The molecule has 0 aliphatic heterocycles. The molecule has 0 aromatic heterocycles. The number of hydrogen-bond donors (Lipinski definition) is 2. The zero-order valence-corrected chi connectivity index (χ0v) is 24.3. The predicted molar refractivity (Wildman–Crippen MR) is 153 cm³/mol. The van der Waals surface area contributed by atoms with Gasteiger partial charge in [0, 0.05) is 4.47 Å². The molecule has 0 saturated heterocycles. The lowest BCUT2D eigenvalue weighted by Crippen LogP contribution is -2.33. The van der Waals surface area contributed by atoms with Crippen LogP contribution in [0, 0.1) is 0 Å². The first-order valence-electron chi connectivity index (χ1n) is 12.0. The van der Waals surface area contributed by atoms with E-state index in [0.717, 1.165) is 15.6 Å². The van der Waals surface area contributed by atoms with Crippen molar-refractivity contribution in [2.45, 2.75) is 32.9 Å². The topological polar surface area (TPSA) is 98.2 Å². The molecule has 3 rings (SSSR count). The van der Waals surface area contributed by atoms with Gasteiger partial charge in [0.15, 0.2) is 11.5 Å². The second-order valence-electron chi connectivity index (χ2n) is 8.00. The van der Waals surface area contributed by atoms with Crippen molar-refractivity contribution in [1.82, 2.24) is 10.7 Å². The van der Waals surface area contributed by atoms with Crippen molar-refractivity contribution >= 4 is 50.1 Å². The van der Waals surface area contributed by atoms with Crippen LogP contribution in [-0.2, 0) is 16.1 Å². The third-order valence-electron chi connectivity index (χ3n) is 5.19. The first kappa shape index (κ1) is 29.2. The molecule has 10 heteroatoms. The zero-order valence-electron chi connectivity index (χ0n) is 21.1. The maximum absolute atomic E-state index is 12.6. The summed E-state index contributed by atoms with van der Waals surface area (Å²) in [5.74, 6) is 0.756. The molecule has 0 radical (unpaired) electrons. The highest BCUT2D eigenvalue weighted by molar-refractivity contribution is 9.10. The summed E-state index contributed by atoms with van der Waals surface area (Å²) in [7, 11) is 0. The largest absolute Gasteiger partial charge is 0.490 e. The van der Waals surface area contributed by atoms with Crippen LogP contribution in [0.15, 0.2) is 80.8 Å². The van der Waals surface area contributed by atoms with Crippen LogP contribution < -0.4 is 20.2 Å². The van der Waals surface area contributed by atoms with E-state index in [2.05, 4.69) is 47.7 Å². The average molecular weight is 647 g/mol. The molecule has 0 heterocycles. The molecule has 1 atom stereocenters. The fourth-order valence-electron chi connectivity index (χ4n) is 3.46. The number of nitrogens with one attached hydrogen (secondary N) is 2. The molecule has 0 fully saturated rings. The van der Waals surface area contributed by atoms with E-state index in [4.69, 9.17) is 14.2 Å². The molecule has 0 unspecified atom stereocenters. The van der Waals surface area contributed by atoms with Crippen LogP contribution >= 0.6 is 31.9 Å². The summed E-state index contributed by atoms with van der Waals surface area (Å²) in [5, 5.41) is 6.81. The van der Waals surface area contributed by atoms with Crippen LogP contribution in [0.25, 0.3) is 0 Å². The Bertz CT molecular complexity index is 1240. The van der Waals surface area contributed by atoms with E-state index >= 15 is 0 Å². The molecular formula is C28H29Br2N3O5. The van der Waals surface area contributed by atoms with Gasteiger partial charge in [-0.05, 0) is 70.7 Å². The van der Waals surface area contributed by atoms with Crippen LogP contribution in [-0.4, -0.2) is 31.4 Å². The second kappa shape index (κ2) is 15.1. The number of ether oxygens (including phenoxy) is 3. The molecule has 8 nitrogen and oxygen atoms in total. The Hall–Kier alpha value is -3.37. The van der Waals surface area contributed by atoms with E-state index in [9.17, 15) is 9.59 Å². The number of alkyl carbamates (subject to hydrolysis) is 1. The summed E-state index contributed by atoms with van der Waals surface area (Å²) in [5.41, 5.74) is 5.01. The first-order chi connectivity index (χ1) is 18.4. The summed E-state index contributed by atoms with van der Waals surface area (Å²) >= 11 is 6.99. The molecule has 200 valence electrons. The fourth-order valence-corrected chi connectivity index (χ4v) is 4.30. The Labute approximate surface area is 239 Å². The molecule has 0 aliphatic rings. The Morgan fingerprint density at radius 1 is 0.974 bits per heavy atom. The van der Waals surface area contributed by atoms with E-state index in [1.54, 1.807) is 13.0 Å². The van der Waals surface area contributed by atoms with Crippen LogP contribution in [0.3, 0.4) is 0 Å². The molecule has 0 bridgehead atoms. The van der Waals surface area contributed by atoms with Gasteiger partial charge >= 0.3 is 6.09 Å². The molecular weight excluding hydrogens is 618 g/mol. The van der Waals surface area contributed by atoms with Crippen LogP contribution in [0.1, 0.15) is 43.0 Å². The van der Waals surface area contributed by atoms with Crippen molar-refractivity contribution in [2.24, 2.45) is 5.10 Å². The summed E-state index contributed by atoms with van der Waals surface area (Å²) in [6.45, 7) is 4.66. The molecule has 2 amide bonds. The minimum Gasteiger partial charge on any atom is -0.490 e. The first-order valence-corrected chi connectivity index (χ1v) is 13.6. The third-order valence-corrected chi connectivity index (χ3v) is 6.31. The van der Waals surface area contributed by atoms with Gasteiger partial charge in [0.05, 0.1) is 36.4 Å². The van der Waals surface area contributed by atoms with Crippen molar-refractivity contribution in [3.05, 3.63) is 92.4 Å². The summed E-state index contributed by atoms with van der Waals surface area (Å²) in [6.07, 6.45) is 0.907. The van der Waals surface area contributed by atoms with E-state index in [1.807, 2.05) is 67.6 Å². The third kappa shape index (κ3) is 9.18. The van der Waals surface area contributed by atoms with Gasteiger partial charge in [-0.3, -0.25) is 4.79 Å². The number of carbonyl (C=O) groups excluding carboxylic acids is 2. The minimum absolute atomic E-state index is 0.0170. The number of benzene rings is 3. The van der Waals surface area contributed by atoms with Crippen LogP contribution in [0.4, 0.5) is 4.79 Å². The highest BCUT2D eigenvalue weighted by Gasteiger charge is 2.19. The molecule has 3 aromatic carbocycles. The molecule has 3 aromatic rings. The van der Waals surface area contributed by atoms with Gasteiger partial charge in [-0.15, -0.1) is 0 Å². The van der Waals surface area contributed by atoms with Crippen molar-refractivity contribution in [3.8, 4) is 11.5 Å². The number of carbonyl (C=O) groups is 2. The average Bonchev–Trinajstić information content (AvgIpc) is 2.90. The predicted octanol–water partition coefficient (Wildman–Crippen LogP) is 6.52. The molecule has 2 N–H and O–H groups in total. The number of halogens is 2.